The number of methoxy groups -OCH3 is 2. The number of nitrogens with one attached hydrogen (secondary N) is 1. The molecular weight excluding hydrogens is 304 g/mol. The third-order valence-corrected chi connectivity index (χ3v) is 3.58. The molecule has 0 aliphatic heterocycles. The highest BCUT2D eigenvalue weighted by molar-refractivity contribution is 7.12. The lowest BCUT2D eigenvalue weighted by Gasteiger charge is -2.10. The molecule has 0 saturated carbocycles. The Morgan fingerprint density at radius 2 is 1.91 bits per heavy atom. The molecule has 1 aromatic carbocycles. The van der Waals surface area contributed by atoms with E-state index in [9.17, 15) is 0 Å². The van der Waals surface area contributed by atoms with Crippen LogP contribution in [0.1, 0.15) is 0 Å². The first-order valence-electron chi connectivity index (χ1n) is 6.32. The van der Waals surface area contributed by atoms with Crippen molar-refractivity contribution in [3.63, 3.8) is 0 Å². The van der Waals surface area contributed by atoms with Crippen LogP contribution >= 0.6 is 11.3 Å². The van der Waals surface area contributed by atoms with Gasteiger partial charge < -0.3 is 20.5 Å². The minimum absolute atomic E-state index is 0.160. The fourth-order valence-electron chi connectivity index (χ4n) is 1.87. The van der Waals surface area contributed by atoms with Crippen molar-refractivity contribution in [2.75, 3.05) is 25.3 Å². The van der Waals surface area contributed by atoms with E-state index in [1.807, 2.05) is 17.5 Å². The number of thiazole rings is 1. The SMILES string of the molecule is COc1cc(Nc2nc(N)nn2-c2nccs2)cc(OC)c1. The summed E-state index contributed by atoms with van der Waals surface area (Å²) in [5.41, 5.74) is 6.43. The van der Waals surface area contributed by atoms with Crippen molar-refractivity contribution in [1.29, 1.82) is 0 Å². The van der Waals surface area contributed by atoms with Gasteiger partial charge in [-0.15, -0.1) is 16.4 Å². The van der Waals surface area contributed by atoms with E-state index in [0.717, 1.165) is 5.69 Å². The Labute approximate surface area is 130 Å². The Kier molecular flexibility index (Phi) is 3.79. The van der Waals surface area contributed by atoms with Crippen molar-refractivity contribution >= 4 is 28.9 Å². The number of ether oxygens (including phenoxy) is 2. The lowest BCUT2D eigenvalue weighted by Crippen LogP contribution is -2.03. The second-order valence-electron chi connectivity index (χ2n) is 4.25. The van der Waals surface area contributed by atoms with Gasteiger partial charge in [0.2, 0.25) is 17.0 Å². The summed E-state index contributed by atoms with van der Waals surface area (Å²) in [5, 5.41) is 9.81. The highest BCUT2D eigenvalue weighted by Crippen LogP contribution is 2.28. The molecule has 0 fully saturated rings. The molecule has 9 heteroatoms. The van der Waals surface area contributed by atoms with Gasteiger partial charge in [-0.1, -0.05) is 0 Å². The zero-order valence-electron chi connectivity index (χ0n) is 12.0. The Morgan fingerprint density at radius 1 is 1.18 bits per heavy atom. The lowest BCUT2D eigenvalue weighted by atomic mass is 10.3. The van der Waals surface area contributed by atoms with Crippen LogP contribution in [0.15, 0.2) is 29.8 Å². The maximum atomic E-state index is 5.70. The summed E-state index contributed by atoms with van der Waals surface area (Å²) in [5.74, 6) is 1.94. The summed E-state index contributed by atoms with van der Waals surface area (Å²) in [6, 6.07) is 5.42. The molecule has 8 nitrogen and oxygen atoms in total. The number of benzene rings is 1. The molecule has 3 aromatic rings. The van der Waals surface area contributed by atoms with Crippen LogP contribution in [0.2, 0.25) is 0 Å². The first-order chi connectivity index (χ1) is 10.7. The minimum Gasteiger partial charge on any atom is -0.497 e. The van der Waals surface area contributed by atoms with Gasteiger partial charge in [-0.05, 0) is 0 Å². The summed E-state index contributed by atoms with van der Waals surface area (Å²) >= 11 is 1.43. The maximum Gasteiger partial charge on any atom is 0.241 e. The van der Waals surface area contributed by atoms with E-state index in [1.165, 1.54) is 11.3 Å². The highest BCUT2D eigenvalue weighted by Gasteiger charge is 2.13. The number of hydrogen-bond donors (Lipinski definition) is 2. The summed E-state index contributed by atoms with van der Waals surface area (Å²) in [4.78, 5) is 8.38. The maximum absolute atomic E-state index is 5.70. The Hall–Kier alpha value is -2.81. The second kappa shape index (κ2) is 5.90. The highest BCUT2D eigenvalue weighted by atomic mass is 32.1. The molecule has 114 valence electrons. The van der Waals surface area contributed by atoms with Crippen LogP contribution in [0, 0.1) is 0 Å². The normalized spacial score (nSPS) is 10.5. The van der Waals surface area contributed by atoms with Crippen LogP contribution in [0.4, 0.5) is 17.6 Å². The number of nitrogens with two attached hydrogens (primary N) is 1. The van der Waals surface area contributed by atoms with E-state index in [2.05, 4.69) is 20.4 Å². The van der Waals surface area contributed by atoms with Gasteiger partial charge in [-0.3, -0.25) is 0 Å². The molecule has 0 unspecified atom stereocenters. The summed E-state index contributed by atoms with van der Waals surface area (Å²) in [6.07, 6.45) is 1.69. The molecule has 0 saturated heterocycles. The van der Waals surface area contributed by atoms with Crippen molar-refractivity contribution in [2.24, 2.45) is 0 Å². The monoisotopic (exact) mass is 318 g/mol. The predicted molar refractivity (Wildman–Crippen MR) is 84.3 cm³/mol. The topological polar surface area (TPSA) is 100 Å². The number of nitrogens with zero attached hydrogens (tertiary/aromatic N) is 4. The van der Waals surface area contributed by atoms with Crippen LogP contribution in [0.25, 0.3) is 5.13 Å². The van der Waals surface area contributed by atoms with E-state index >= 15 is 0 Å². The fourth-order valence-corrected chi connectivity index (χ4v) is 2.46. The van der Waals surface area contributed by atoms with Gasteiger partial charge in [0, 0.05) is 35.5 Å². The zero-order valence-corrected chi connectivity index (χ0v) is 12.8. The van der Waals surface area contributed by atoms with Gasteiger partial charge in [0.15, 0.2) is 0 Å². The predicted octanol–water partition coefficient (Wildman–Crippen LogP) is 2.07. The van der Waals surface area contributed by atoms with Crippen molar-refractivity contribution in [1.82, 2.24) is 19.7 Å². The molecule has 0 aliphatic rings. The third kappa shape index (κ3) is 2.79. The van der Waals surface area contributed by atoms with Gasteiger partial charge in [0.1, 0.15) is 11.5 Å². The average Bonchev–Trinajstić information content (AvgIpc) is 3.16. The van der Waals surface area contributed by atoms with Gasteiger partial charge in [-0.2, -0.15) is 9.67 Å². The van der Waals surface area contributed by atoms with Crippen molar-refractivity contribution in [3.05, 3.63) is 29.8 Å². The molecule has 2 heterocycles. The van der Waals surface area contributed by atoms with E-state index in [1.54, 1.807) is 31.2 Å². The summed E-state index contributed by atoms with van der Waals surface area (Å²) in [6.45, 7) is 0. The molecule has 0 aliphatic carbocycles. The second-order valence-corrected chi connectivity index (χ2v) is 5.12. The number of anilines is 3. The van der Waals surface area contributed by atoms with Crippen LogP contribution < -0.4 is 20.5 Å². The van der Waals surface area contributed by atoms with Crippen LogP contribution in [-0.4, -0.2) is 34.0 Å². The van der Waals surface area contributed by atoms with Crippen LogP contribution in [0.3, 0.4) is 0 Å². The molecule has 0 amide bonds. The molecule has 0 atom stereocenters. The van der Waals surface area contributed by atoms with Crippen molar-refractivity contribution in [2.45, 2.75) is 0 Å². The molecule has 3 N–H and O–H groups in total. The molecule has 3 rings (SSSR count). The van der Waals surface area contributed by atoms with Gasteiger partial charge in [0.05, 0.1) is 14.2 Å². The van der Waals surface area contributed by atoms with Gasteiger partial charge in [-0.25, -0.2) is 4.98 Å². The lowest BCUT2D eigenvalue weighted by molar-refractivity contribution is 0.395. The molecule has 2 aromatic heterocycles. The summed E-state index contributed by atoms with van der Waals surface area (Å²) < 4.78 is 12.0. The molecular formula is C13H14N6O2S. The zero-order chi connectivity index (χ0) is 15.5. The van der Waals surface area contributed by atoms with Crippen LogP contribution in [-0.2, 0) is 0 Å². The number of aromatic nitrogens is 4. The number of hydrogen-bond acceptors (Lipinski definition) is 8. The Balaban J connectivity index is 1.97. The third-order valence-electron chi connectivity index (χ3n) is 2.83. The Bertz CT molecular complexity index is 749. The number of rotatable bonds is 5. The van der Waals surface area contributed by atoms with E-state index < -0.39 is 0 Å². The minimum atomic E-state index is 0.160. The number of nitrogen functional groups attached to an aromatic ring is 1. The first-order valence-corrected chi connectivity index (χ1v) is 7.20. The molecule has 0 spiro atoms. The van der Waals surface area contributed by atoms with Crippen molar-refractivity contribution < 1.29 is 9.47 Å². The van der Waals surface area contributed by atoms with Crippen molar-refractivity contribution in [3.8, 4) is 16.6 Å². The van der Waals surface area contributed by atoms with E-state index in [0.29, 0.717) is 22.6 Å². The van der Waals surface area contributed by atoms with Crippen LogP contribution in [0.5, 0.6) is 11.5 Å². The molecule has 0 bridgehead atoms. The Morgan fingerprint density at radius 3 is 2.50 bits per heavy atom. The van der Waals surface area contributed by atoms with Gasteiger partial charge in [0.25, 0.3) is 0 Å². The first kappa shape index (κ1) is 14.1. The summed E-state index contributed by atoms with van der Waals surface area (Å²) in [7, 11) is 3.18. The quantitative estimate of drug-likeness (QED) is 0.742. The smallest absolute Gasteiger partial charge is 0.241 e. The molecule has 0 radical (unpaired) electrons. The fraction of sp³-hybridized carbons (Fsp3) is 0.154. The van der Waals surface area contributed by atoms with E-state index in [-0.39, 0.29) is 5.95 Å². The standard InChI is InChI=1S/C13H14N6O2S/c1-20-9-5-8(6-10(7-9)21-2)16-12-17-11(14)18-19(12)13-15-3-4-22-13/h3-7H,1-2H3,(H3,14,16,17,18). The largest absolute Gasteiger partial charge is 0.497 e. The average molecular weight is 318 g/mol. The van der Waals surface area contributed by atoms with E-state index in [4.69, 9.17) is 15.2 Å². The van der Waals surface area contributed by atoms with Gasteiger partial charge >= 0.3 is 0 Å². The molecule has 22 heavy (non-hydrogen) atoms.